The normalized spacial score (nSPS) is 12.0. The molecule has 14 heavy (non-hydrogen) atoms. The quantitative estimate of drug-likeness (QED) is 0.715. The van der Waals surface area contributed by atoms with Gasteiger partial charge < -0.3 is 10.4 Å². The predicted molar refractivity (Wildman–Crippen MR) is 56.1 cm³/mol. The summed E-state index contributed by atoms with van der Waals surface area (Å²) in [6, 6.07) is 2.01. The number of rotatable bonds is 5. The van der Waals surface area contributed by atoms with Crippen molar-refractivity contribution in [2.75, 3.05) is 13.2 Å². The summed E-state index contributed by atoms with van der Waals surface area (Å²) < 4.78 is 1.87. The molecule has 0 saturated heterocycles. The van der Waals surface area contributed by atoms with Crippen molar-refractivity contribution >= 4 is 0 Å². The molecule has 0 atom stereocenters. The molecule has 0 fully saturated rings. The fourth-order valence-electron chi connectivity index (χ4n) is 1.23. The largest absolute Gasteiger partial charge is 0.394 e. The van der Waals surface area contributed by atoms with Gasteiger partial charge in [-0.05, 0) is 19.9 Å². The van der Waals surface area contributed by atoms with Crippen molar-refractivity contribution in [3.63, 3.8) is 0 Å². The van der Waals surface area contributed by atoms with Crippen LogP contribution in [0.3, 0.4) is 0 Å². The molecule has 4 heteroatoms. The first-order valence-corrected chi connectivity index (χ1v) is 4.88. The van der Waals surface area contributed by atoms with Crippen molar-refractivity contribution < 1.29 is 5.11 Å². The van der Waals surface area contributed by atoms with Gasteiger partial charge in [0, 0.05) is 37.4 Å². The third-order valence-electron chi connectivity index (χ3n) is 2.30. The van der Waals surface area contributed by atoms with Gasteiger partial charge in [0.25, 0.3) is 0 Å². The van der Waals surface area contributed by atoms with Gasteiger partial charge in [-0.15, -0.1) is 0 Å². The Morgan fingerprint density at radius 1 is 1.57 bits per heavy atom. The molecule has 0 bridgehead atoms. The van der Waals surface area contributed by atoms with Crippen LogP contribution in [0.25, 0.3) is 0 Å². The molecule has 0 aliphatic carbocycles. The van der Waals surface area contributed by atoms with E-state index in [9.17, 15) is 0 Å². The number of nitrogens with one attached hydrogen (secondary N) is 1. The minimum Gasteiger partial charge on any atom is -0.394 e. The summed E-state index contributed by atoms with van der Waals surface area (Å²) in [5, 5.41) is 16.4. The highest BCUT2D eigenvalue weighted by Gasteiger charge is 2.14. The minimum atomic E-state index is -0.196. The SMILES string of the molecule is Cn1nccc1CCNC(C)(C)CO. The molecule has 1 rings (SSSR count). The Morgan fingerprint density at radius 3 is 2.79 bits per heavy atom. The van der Waals surface area contributed by atoms with E-state index in [1.54, 1.807) is 6.20 Å². The van der Waals surface area contributed by atoms with Crippen LogP contribution in [0.4, 0.5) is 0 Å². The van der Waals surface area contributed by atoms with Crippen molar-refractivity contribution in [3.8, 4) is 0 Å². The molecule has 1 aromatic heterocycles. The monoisotopic (exact) mass is 197 g/mol. The van der Waals surface area contributed by atoms with Crippen molar-refractivity contribution in [1.29, 1.82) is 0 Å². The Hall–Kier alpha value is -0.870. The lowest BCUT2D eigenvalue weighted by Gasteiger charge is -2.23. The smallest absolute Gasteiger partial charge is 0.0607 e. The number of aromatic nitrogens is 2. The van der Waals surface area contributed by atoms with Crippen molar-refractivity contribution in [3.05, 3.63) is 18.0 Å². The molecule has 0 unspecified atom stereocenters. The van der Waals surface area contributed by atoms with Gasteiger partial charge in [0.1, 0.15) is 0 Å². The summed E-state index contributed by atoms with van der Waals surface area (Å²) >= 11 is 0. The maximum atomic E-state index is 9.03. The summed E-state index contributed by atoms with van der Waals surface area (Å²) in [6.07, 6.45) is 2.73. The first kappa shape index (κ1) is 11.2. The van der Waals surface area contributed by atoms with Gasteiger partial charge in [-0.2, -0.15) is 5.10 Å². The fraction of sp³-hybridized carbons (Fsp3) is 0.700. The Bertz CT molecular complexity index is 281. The third-order valence-corrected chi connectivity index (χ3v) is 2.30. The van der Waals surface area contributed by atoms with Gasteiger partial charge in [0.2, 0.25) is 0 Å². The molecule has 0 aliphatic heterocycles. The highest BCUT2D eigenvalue weighted by Crippen LogP contribution is 2.01. The van der Waals surface area contributed by atoms with Crippen LogP contribution >= 0.6 is 0 Å². The van der Waals surface area contributed by atoms with E-state index in [1.807, 2.05) is 31.6 Å². The molecule has 1 aromatic rings. The molecule has 0 saturated carbocycles. The lowest BCUT2D eigenvalue weighted by Crippen LogP contribution is -2.43. The highest BCUT2D eigenvalue weighted by molar-refractivity contribution is 5.00. The van der Waals surface area contributed by atoms with Crippen molar-refractivity contribution in [2.45, 2.75) is 25.8 Å². The summed E-state index contributed by atoms with van der Waals surface area (Å²) in [5.74, 6) is 0. The summed E-state index contributed by atoms with van der Waals surface area (Å²) in [4.78, 5) is 0. The van der Waals surface area contributed by atoms with E-state index in [0.717, 1.165) is 13.0 Å². The summed E-state index contributed by atoms with van der Waals surface area (Å²) in [6.45, 7) is 4.97. The van der Waals surface area contributed by atoms with Crippen molar-refractivity contribution in [2.24, 2.45) is 7.05 Å². The second-order valence-electron chi connectivity index (χ2n) is 4.16. The molecular formula is C10H19N3O. The molecule has 1 heterocycles. The molecule has 2 N–H and O–H groups in total. The molecule has 0 aromatic carbocycles. The Morgan fingerprint density at radius 2 is 2.29 bits per heavy atom. The molecule has 80 valence electrons. The number of nitrogens with zero attached hydrogens (tertiary/aromatic N) is 2. The Labute approximate surface area is 84.9 Å². The van der Waals surface area contributed by atoms with Gasteiger partial charge in [-0.3, -0.25) is 4.68 Å². The van der Waals surface area contributed by atoms with Crippen LogP contribution in [0.15, 0.2) is 12.3 Å². The van der Waals surface area contributed by atoms with Gasteiger partial charge in [0.15, 0.2) is 0 Å². The van der Waals surface area contributed by atoms with Gasteiger partial charge in [-0.25, -0.2) is 0 Å². The van der Waals surface area contributed by atoms with E-state index in [4.69, 9.17) is 5.11 Å². The lowest BCUT2D eigenvalue weighted by atomic mass is 10.1. The molecule has 0 spiro atoms. The second-order valence-corrected chi connectivity index (χ2v) is 4.16. The molecule has 0 amide bonds. The van der Waals surface area contributed by atoms with E-state index < -0.39 is 0 Å². The second kappa shape index (κ2) is 4.57. The minimum absolute atomic E-state index is 0.151. The predicted octanol–water partition coefficient (Wildman–Crippen LogP) is 0.323. The first-order valence-electron chi connectivity index (χ1n) is 4.88. The van der Waals surface area contributed by atoms with Crippen LogP contribution in [-0.4, -0.2) is 33.6 Å². The zero-order valence-electron chi connectivity index (χ0n) is 9.12. The number of aliphatic hydroxyl groups is 1. The third kappa shape index (κ3) is 3.12. The zero-order chi connectivity index (χ0) is 10.6. The fourth-order valence-corrected chi connectivity index (χ4v) is 1.23. The molecule has 0 aliphatic rings. The maximum absolute atomic E-state index is 9.03. The summed E-state index contributed by atoms with van der Waals surface area (Å²) in [5.41, 5.74) is 1.00. The van der Waals surface area contributed by atoms with Crippen molar-refractivity contribution in [1.82, 2.24) is 15.1 Å². The topological polar surface area (TPSA) is 50.1 Å². The van der Waals surface area contributed by atoms with Crippen LogP contribution in [0.2, 0.25) is 0 Å². The van der Waals surface area contributed by atoms with Gasteiger partial charge in [0.05, 0.1) is 6.61 Å². The molecule has 0 radical (unpaired) electrons. The van der Waals surface area contributed by atoms with Crippen LogP contribution < -0.4 is 5.32 Å². The first-order chi connectivity index (χ1) is 6.55. The van der Waals surface area contributed by atoms with E-state index in [0.29, 0.717) is 0 Å². The summed E-state index contributed by atoms with van der Waals surface area (Å²) in [7, 11) is 1.94. The molecular weight excluding hydrogens is 178 g/mol. The average Bonchev–Trinajstić information content (AvgIpc) is 2.52. The van der Waals surface area contributed by atoms with E-state index in [-0.39, 0.29) is 12.1 Å². The Balaban J connectivity index is 2.32. The van der Waals surface area contributed by atoms with Crippen LogP contribution in [0.1, 0.15) is 19.5 Å². The van der Waals surface area contributed by atoms with E-state index >= 15 is 0 Å². The van der Waals surface area contributed by atoms with E-state index in [2.05, 4.69) is 10.4 Å². The van der Waals surface area contributed by atoms with E-state index in [1.165, 1.54) is 5.69 Å². The van der Waals surface area contributed by atoms with Crippen LogP contribution in [0, 0.1) is 0 Å². The highest BCUT2D eigenvalue weighted by atomic mass is 16.3. The van der Waals surface area contributed by atoms with Crippen LogP contribution in [0.5, 0.6) is 0 Å². The Kier molecular flexibility index (Phi) is 3.66. The van der Waals surface area contributed by atoms with Gasteiger partial charge in [-0.1, -0.05) is 0 Å². The molecule has 4 nitrogen and oxygen atoms in total. The number of aliphatic hydroxyl groups excluding tert-OH is 1. The zero-order valence-corrected chi connectivity index (χ0v) is 9.12. The standard InChI is InChI=1S/C10H19N3O/c1-10(2,8-14)11-6-4-9-5-7-12-13(9)3/h5,7,11,14H,4,6,8H2,1-3H3. The number of aryl methyl sites for hydroxylation is 1. The number of hydrogen-bond acceptors (Lipinski definition) is 3. The maximum Gasteiger partial charge on any atom is 0.0607 e. The average molecular weight is 197 g/mol. The number of hydrogen-bond donors (Lipinski definition) is 2. The van der Waals surface area contributed by atoms with Crippen LogP contribution in [-0.2, 0) is 13.5 Å². The lowest BCUT2D eigenvalue weighted by molar-refractivity contribution is 0.189. The van der Waals surface area contributed by atoms with Gasteiger partial charge >= 0.3 is 0 Å².